The maximum Gasteiger partial charge on any atom is 0.231 e. The van der Waals surface area contributed by atoms with Gasteiger partial charge in [-0.2, -0.15) is 4.98 Å². The second kappa shape index (κ2) is 6.13. The molecule has 6 nitrogen and oxygen atoms in total. The van der Waals surface area contributed by atoms with Crippen molar-refractivity contribution in [3.63, 3.8) is 0 Å². The van der Waals surface area contributed by atoms with Gasteiger partial charge in [0.1, 0.15) is 11.5 Å². The van der Waals surface area contributed by atoms with E-state index in [1.165, 1.54) is 0 Å². The van der Waals surface area contributed by atoms with Crippen molar-refractivity contribution in [2.45, 2.75) is 18.8 Å². The maximum atomic E-state index is 5.43. The van der Waals surface area contributed by atoms with Gasteiger partial charge in [-0.05, 0) is 37.6 Å². The Labute approximate surface area is 123 Å². The summed E-state index contributed by atoms with van der Waals surface area (Å²) in [5.41, 5.74) is 0.774. The minimum atomic E-state index is 0.289. The van der Waals surface area contributed by atoms with Gasteiger partial charge in [0.2, 0.25) is 11.7 Å². The van der Waals surface area contributed by atoms with Crippen molar-refractivity contribution >= 4 is 0 Å². The van der Waals surface area contributed by atoms with E-state index in [-0.39, 0.29) is 5.92 Å². The fraction of sp³-hybridized carbons (Fsp3) is 0.467. The van der Waals surface area contributed by atoms with Crippen LogP contribution in [0.3, 0.4) is 0 Å². The Balaban J connectivity index is 1.91. The van der Waals surface area contributed by atoms with Crippen molar-refractivity contribution in [1.29, 1.82) is 0 Å². The quantitative estimate of drug-likeness (QED) is 0.930. The third-order valence-electron chi connectivity index (χ3n) is 3.74. The third-order valence-corrected chi connectivity index (χ3v) is 3.74. The summed E-state index contributed by atoms with van der Waals surface area (Å²) < 4.78 is 16.0. The van der Waals surface area contributed by atoms with E-state index in [4.69, 9.17) is 14.0 Å². The molecule has 0 aliphatic carbocycles. The molecule has 0 spiro atoms. The minimum absolute atomic E-state index is 0.289. The van der Waals surface area contributed by atoms with Crippen LogP contribution in [0, 0.1) is 0 Å². The van der Waals surface area contributed by atoms with E-state index in [0.29, 0.717) is 17.5 Å². The Morgan fingerprint density at radius 2 is 2.19 bits per heavy atom. The standard InChI is InChI=1S/C15H19N3O3/c1-19-11-5-6-13(20-2)12(8-11)14-17-15(21-18-14)10-4-3-7-16-9-10/h5-6,8,10,16H,3-4,7,9H2,1-2H3/t10-/m0/s1. The summed E-state index contributed by atoms with van der Waals surface area (Å²) >= 11 is 0. The molecule has 112 valence electrons. The lowest BCUT2D eigenvalue weighted by Crippen LogP contribution is -2.28. The number of nitrogens with zero attached hydrogens (tertiary/aromatic N) is 2. The fourth-order valence-electron chi connectivity index (χ4n) is 2.56. The van der Waals surface area contributed by atoms with Gasteiger partial charge in [-0.3, -0.25) is 0 Å². The van der Waals surface area contributed by atoms with Crippen LogP contribution in [0.15, 0.2) is 22.7 Å². The van der Waals surface area contributed by atoms with E-state index in [9.17, 15) is 0 Å². The summed E-state index contributed by atoms with van der Waals surface area (Å²) in [6, 6.07) is 5.54. The van der Waals surface area contributed by atoms with Crippen LogP contribution in [0.1, 0.15) is 24.7 Å². The first-order chi connectivity index (χ1) is 10.3. The van der Waals surface area contributed by atoms with Crippen LogP contribution in [0.25, 0.3) is 11.4 Å². The summed E-state index contributed by atoms with van der Waals surface area (Å²) in [5, 5.41) is 7.45. The molecule has 0 bridgehead atoms. The van der Waals surface area contributed by atoms with Crippen molar-refractivity contribution in [1.82, 2.24) is 15.5 Å². The van der Waals surface area contributed by atoms with Crippen LogP contribution in [0.4, 0.5) is 0 Å². The fourth-order valence-corrected chi connectivity index (χ4v) is 2.56. The molecule has 0 amide bonds. The third kappa shape index (κ3) is 2.85. The van der Waals surface area contributed by atoms with Crippen LogP contribution in [-0.2, 0) is 0 Å². The van der Waals surface area contributed by atoms with Gasteiger partial charge < -0.3 is 19.3 Å². The first-order valence-electron chi connectivity index (χ1n) is 7.08. The van der Waals surface area contributed by atoms with E-state index < -0.39 is 0 Å². The average molecular weight is 289 g/mol. The van der Waals surface area contributed by atoms with Gasteiger partial charge in [-0.15, -0.1) is 0 Å². The maximum absolute atomic E-state index is 5.43. The average Bonchev–Trinajstić information content (AvgIpc) is 3.05. The van der Waals surface area contributed by atoms with Crippen molar-refractivity contribution < 1.29 is 14.0 Å². The zero-order valence-corrected chi connectivity index (χ0v) is 12.3. The Morgan fingerprint density at radius 3 is 2.90 bits per heavy atom. The van der Waals surface area contributed by atoms with Gasteiger partial charge in [-0.1, -0.05) is 5.16 Å². The highest BCUT2D eigenvalue weighted by molar-refractivity contribution is 5.66. The van der Waals surface area contributed by atoms with Crippen molar-refractivity contribution in [2.75, 3.05) is 27.3 Å². The number of aromatic nitrogens is 2. The number of piperidine rings is 1. The molecule has 1 N–H and O–H groups in total. The van der Waals surface area contributed by atoms with Gasteiger partial charge in [0.15, 0.2) is 0 Å². The molecular formula is C15H19N3O3. The van der Waals surface area contributed by atoms with Gasteiger partial charge in [0.05, 0.1) is 25.7 Å². The molecule has 21 heavy (non-hydrogen) atoms. The van der Waals surface area contributed by atoms with E-state index >= 15 is 0 Å². The normalized spacial score (nSPS) is 18.5. The van der Waals surface area contributed by atoms with Crippen molar-refractivity contribution in [3.8, 4) is 22.9 Å². The summed E-state index contributed by atoms with van der Waals surface area (Å²) in [4.78, 5) is 4.53. The van der Waals surface area contributed by atoms with Crippen LogP contribution >= 0.6 is 0 Å². The predicted molar refractivity (Wildman–Crippen MR) is 77.7 cm³/mol. The lowest BCUT2D eigenvalue weighted by Gasteiger charge is -2.18. The molecule has 1 aliphatic rings. The Bertz CT molecular complexity index is 606. The largest absolute Gasteiger partial charge is 0.497 e. The summed E-state index contributed by atoms with van der Waals surface area (Å²) in [6.07, 6.45) is 2.20. The van der Waals surface area contributed by atoms with Gasteiger partial charge >= 0.3 is 0 Å². The van der Waals surface area contributed by atoms with E-state index in [1.807, 2.05) is 18.2 Å². The zero-order valence-electron chi connectivity index (χ0n) is 12.3. The molecule has 3 rings (SSSR count). The lowest BCUT2D eigenvalue weighted by atomic mass is 10.00. The number of rotatable bonds is 4. The summed E-state index contributed by atoms with van der Waals surface area (Å²) in [7, 11) is 3.25. The highest BCUT2D eigenvalue weighted by Crippen LogP contribution is 2.33. The molecular weight excluding hydrogens is 270 g/mol. The molecule has 1 aromatic carbocycles. The SMILES string of the molecule is COc1ccc(OC)c(-c2noc([C@H]3CCCNC3)n2)c1. The van der Waals surface area contributed by atoms with Crippen LogP contribution in [-0.4, -0.2) is 37.4 Å². The Kier molecular flexibility index (Phi) is 4.06. The minimum Gasteiger partial charge on any atom is -0.497 e. The van der Waals surface area contributed by atoms with E-state index in [2.05, 4.69) is 15.5 Å². The number of nitrogens with one attached hydrogen (secondary N) is 1. The van der Waals surface area contributed by atoms with E-state index in [1.54, 1.807) is 14.2 Å². The molecule has 1 saturated heterocycles. The van der Waals surface area contributed by atoms with Gasteiger partial charge in [0, 0.05) is 6.54 Å². The van der Waals surface area contributed by atoms with Gasteiger partial charge in [0.25, 0.3) is 0 Å². The second-order valence-corrected chi connectivity index (χ2v) is 5.07. The molecule has 0 saturated carbocycles. The highest BCUT2D eigenvalue weighted by Gasteiger charge is 2.22. The molecule has 1 aromatic heterocycles. The molecule has 2 heterocycles. The zero-order chi connectivity index (χ0) is 14.7. The van der Waals surface area contributed by atoms with E-state index in [0.717, 1.165) is 37.2 Å². The smallest absolute Gasteiger partial charge is 0.231 e. The van der Waals surface area contributed by atoms with Crippen molar-refractivity contribution in [2.24, 2.45) is 0 Å². The molecule has 2 aromatic rings. The molecule has 0 radical (unpaired) electrons. The molecule has 1 fully saturated rings. The number of hydrogen-bond donors (Lipinski definition) is 1. The number of benzene rings is 1. The van der Waals surface area contributed by atoms with Crippen LogP contribution in [0.5, 0.6) is 11.5 Å². The van der Waals surface area contributed by atoms with Crippen molar-refractivity contribution in [3.05, 3.63) is 24.1 Å². The first kappa shape index (κ1) is 13.9. The first-order valence-corrected chi connectivity index (χ1v) is 7.08. The second-order valence-electron chi connectivity index (χ2n) is 5.07. The monoisotopic (exact) mass is 289 g/mol. The Hall–Kier alpha value is -2.08. The summed E-state index contributed by atoms with van der Waals surface area (Å²) in [6.45, 7) is 1.94. The number of ether oxygens (including phenoxy) is 2. The highest BCUT2D eigenvalue weighted by atomic mass is 16.5. The van der Waals surface area contributed by atoms with Gasteiger partial charge in [-0.25, -0.2) is 0 Å². The van der Waals surface area contributed by atoms with Crippen LogP contribution in [0.2, 0.25) is 0 Å². The number of hydrogen-bond acceptors (Lipinski definition) is 6. The topological polar surface area (TPSA) is 69.4 Å². The summed E-state index contributed by atoms with van der Waals surface area (Å²) in [5.74, 6) is 2.94. The molecule has 1 atom stereocenters. The molecule has 1 aliphatic heterocycles. The van der Waals surface area contributed by atoms with Crippen LogP contribution < -0.4 is 14.8 Å². The molecule has 6 heteroatoms. The lowest BCUT2D eigenvalue weighted by molar-refractivity contribution is 0.322. The Morgan fingerprint density at radius 1 is 1.29 bits per heavy atom. The predicted octanol–water partition coefficient (Wildman–Crippen LogP) is 2.22. The number of methoxy groups -OCH3 is 2. The molecule has 0 unspecified atom stereocenters.